The minimum absolute atomic E-state index is 1.02. The molecule has 0 aliphatic heterocycles. The lowest BCUT2D eigenvalue weighted by Gasteiger charge is -1.91. The molecule has 0 saturated carbocycles. The van der Waals surface area contributed by atoms with Gasteiger partial charge < -0.3 is 0 Å². The number of benzene rings is 1. The van der Waals surface area contributed by atoms with Crippen LogP contribution in [0.15, 0.2) is 59.7 Å². The summed E-state index contributed by atoms with van der Waals surface area (Å²) in [5.41, 5.74) is 4.77. The molecule has 0 atom stereocenters. The Labute approximate surface area is 103 Å². The van der Waals surface area contributed by atoms with E-state index in [0.29, 0.717) is 0 Å². The van der Waals surface area contributed by atoms with Crippen LogP contribution in [0.1, 0.15) is 24.5 Å². The molecule has 0 radical (unpaired) electrons. The Morgan fingerprint density at radius 1 is 0.941 bits per heavy atom. The molecule has 0 amide bonds. The van der Waals surface area contributed by atoms with E-state index < -0.39 is 0 Å². The van der Waals surface area contributed by atoms with Gasteiger partial charge in [0.25, 0.3) is 0 Å². The average molecular weight is 220 g/mol. The molecule has 1 aliphatic carbocycles. The van der Waals surface area contributed by atoms with Gasteiger partial charge in [0.05, 0.1) is 0 Å². The summed E-state index contributed by atoms with van der Waals surface area (Å²) >= 11 is 0. The van der Waals surface area contributed by atoms with Crippen LogP contribution in [0.2, 0.25) is 0 Å². The van der Waals surface area contributed by atoms with E-state index in [-0.39, 0.29) is 0 Å². The molecule has 0 heterocycles. The van der Waals surface area contributed by atoms with Crippen molar-refractivity contribution in [3.63, 3.8) is 0 Å². The van der Waals surface area contributed by atoms with Gasteiger partial charge in [0.1, 0.15) is 0 Å². The lowest BCUT2D eigenvalue weighted by molar-refractivity contribution is 1.22. The van der Waals surface area contributed by atoms with E-state index >= 15 is 0 Å². The third-order valence-electron chi connectivity index (χ3n) is 2.69. The van der Waals surface area contributed by atoms with Gasteiger partial charge in [-0.15, -0.1) is 0 Å². The largest absolute Gasteiger partial charge is 0.0792 e. The monoisotopic (exact) mass is 220 g/mol. The Balaban J connectivity index is 2.19. The molecule has 0 N–H and O–H groups in total. The third kappa shape index (κ3) is 3.50. The fourth-order valence-electron chi connectivity index (χ4n) is 1.59. The van der Waals surface area contributed by atoms with Crippen molar-refractivity contribution in [2.75, 3.05) is 0 Å². The van der Waals surface area contributed by atoms with Crippen molar-refractivity contribution in [3.05, 3.63) is 70.8 Å². The topological polar surface area (TPSA) is 0 Å². The van der Waals surface area contributed by atoms with E-state index in [1.54, 1.807) is 0 Å². The SMILES string of the molecule is CC1=CC=C(C#Cc2ccc(C)cc2)C=CC1. The molecule has 0 saturated heterocycles. The summed E-state index contributed by atoms with van der Waals surface area (Å²) in [7, 11) is 0. The highest BCUT2D eigenvalue weighted by Gasteiger charge is 1.92. The standard InChI is InChI=1S/C17H16/c1-14-4-3-5-16(9-6-14)12-13-17-10-7-15(2)8-11-17/h3,5-11H,4H2,1-2H3. The zero-order valence-corrected chi connectivity index (χ0v) is 10.3. The minimum Gasteiger partial charge on any atom is -0.0792 e. The molecule has 2 rings (SSSR count). The second kappa shape index (κ2) is 5.37. The highest BCUT2D eigenvalue weighted by atomic mass is 14.0. The fourth-order valence-corrected chi connectivity index (χ4v) is 1.59. The Hall–Kier alpha value is -2.00. The van der Waals surface area contributed by atoms with Gasteiger partial charge in [0.2, 0.25) is 0 Å². The number of hydrogen-bond donors (Lipinski definition) is 0. The second-order valence-electron chi connectivity index (χ2n) is 4.36. The maximum absolute atomic E-state index is 3.20. The van der Waals surface area contributed by atoms with Crippen LogP contribution < -0.4 is 0 Å². The summed E-state index contributed by atoms with van der Waals surface area (Å²) in [6.07, 6.45) is 9.49. The first kappa shape index (κ1) is 11.5. The van der Waals surface area contributed by atoms with E-state index in [2.05, 4.69) is 74.3 Å². The van der Waals surface area contributed by atoms with Crippen molar-refractivity contribution in [1.29, 1.82) is 0 Å². The highest BCUT2D eigenvalue weighted by molar-refractivity contribution is 5.48. The minimum atomic E-state index is 1.02. The molecule has 1 aromatic rings. The van der Waals surface area contributed by atoms with Crippen LogP contribution in [0.25, 0.3) is 0 Å². The van der Waals surface area contributed by atoms with Crippen LogP contribution in [0.4, 0.5) is 0 Å². The molecule has 0 unspecified atom stereocenters. The van der Waals surface area contributed by atoms with Crippen LogP contribution in [0.5, 0.6) is 0 Å². The number of rotatable bonds is 0. The first-order chi connectivity index (χ1) is 8.24. The quantitative estimate of drug-likeness (QED) is 0.575. The molecule has 17 heavy (non-hydrogen) atoms. The van der Waals surface area contributed by atoms with Crippen LogP contribution in [0.3, 0.4) is 0 Å². The van der Waals surface area contributed by atoms with Gasteiger partial charge in [-0.3, -0.25) is 0 Å². The van der Waals surface area contributed by atoms with Crippen molar-refractivity contribution in [3.8, 4) is 11.8 Å². The Morgan fingerprint density at radius 3 is 2.47 bits per heavy atom. The van der Waals surface area contributed by atoms with E-state index in [4.69, 9.17) is 0 Å². The van der Waals surface area contributed by atoms with Gasteiger partial charge in [-0.25, -0.2) is 0 Å². The summed E-state index contributed by atoms with van der Waals surface area (Å²) in [5, 5.41) is 0. The molecular weight excluding hydrogens is 204 g/mol. The molecule has 0 aromatic heterocycles. The summed E-state index contributed by atoms with van der Waals surface area (Å²) < 4.78 is 0. The first-order valence-electron chi connectivity index (χ1n) is 5.87. The van der Waals surface area contributed by atoms with Gasteiger partial charge >= 0.3 is 0 Å². The Kier molecular flexibility index (Phi) is 3.62. The molecular formula is C17H16. The van der Waals surface area contributed by atoms with Crippen molar-refractivity contribution >= 4 is 0 Å². The number of aryl methyl sites for hydroxylation is 1. The van der Waals surface area contributed by atoms with E-state index in [1.165, 1.54) is 11.1 Å². The normalized spacial score (nSPS) is 14.2. The summed E-state index contributed by atoms with van der Waals surface area (Å²) in [5.74, 6) is 6.38. The summed E-state index contributed by atoms with van der Waals surface area (Å²) in [4.78, 5) is 0. The van der Waals surface area contributed by atoms with Gasteiger partial charge in [0, 0.05) is 11.1 Å². The summed E-state index contributed by atoms with van der Waals surface area (Å²) in [6, 6.07) is 8.30. The first-order valence-corrected chi connectivity index (χ1v) is 5.87. The second-order valence-corrected chi connectivity index (χ2v) is 4.36. The van der Waals surface area contributed by atoms with Gasteiger partial charge in [-0.05, 0) is 38.5 Å². The lowest BCUT2D eigenvalue weighted by atomic mass is 10.1. The number of allylic oxidation sites excluding steroid dienone is 6. The van der Waals surface area contributed by atoms with E-state index in [0.717, 1.165) is 17.6 Å². The van der Waals surface area contributed by atoms with Crippen LogP contribution in [-0.4, -0.2) is 0 Å². The maximum atomic E-state index is 3.20. The maximum Gasteiger partial charge on any atom is 0.0249 e. The van der Waals surface area contributed by atoms with Crippen molar-refractivity contribution in [2.45, 2.75) is 20.3 Å². The van der Waals surface area contributed by atoms with Crippen molar-refractivity contribution in [1.82, 2.24) is 0 Å². The smallest absolute Gasteiger partial charge is 0.0249 e. The van der Waals surface area contributed by atoms with Crippen LogP contribution in [-0.2, 0) is 0 Å². The van der Waals surface area contributed by atoms with Crippen LogP contribution >= 0.6 is 0 Å². The molecule has 1 aliphatic rings. The Morgan fingerprint density at radius 2 is 1.71 bits per heavy atom. The molecule has 1 aromatic carbocycles. The molecule has 84 valence electrons. The van der Waals surface area contributed by atoms with Gasteiger partial charge in [-0.1, -0.05) is 53.3 Å². The predicted octanol–water partition coefficient (Wildman–Crippen LogP) is 4.18. The molecule has 0 fully saturated rings. The van der Waals surface area contributed by atoms with E-state index in [9.17, 15) is 0 Å². The van der Waals surface area contributed by atoms with Gasteiger partial charge in [-0.2, -0.15) is 0 Å². The van der Waals surface area contributed by atoms with Crippen molar-refractivity contribution < 1.29 is 0 Å². The zero-order valence-electron chi connectivity index (χ0n) is 10.3. The zero-order chi connectivity index (χ0) is 12.1. The lowest BCUT2D eigenvalue weighted by Crippen LogP contribution is -1.76. The summed E-state index contributed by atoms with van der Waals surface area (Å²) in [6.45, 7) is 4.22. The van der Waals surface area contributed by atoms with Crippen LogP contribution in [0, 0.1) is 18.8 Å². The van der Waals surface area contributed by atoms with E-state index in [1.807, 2.05) is 0 Å². The molecule has 0 spiro atoms. The number of hydrogen-bond acceptors (Lipinski definition) is 0. The fraction of sp³-hybridized carbons (Fsp3) is 0.176. The molecule has 0 heteroatoms. The highest BCUT2D eigenvalue weighted by Crippen LogP contribution is 2.10. The molecule has 0 bridgehead atoms. The van der Waals surface area contributed by atoms with Gasteiger partial charge in [0.15, 0.2) is 0 Å². The van der Waals surface area contributed by atoms with Crippen molar-refractivity contribution in [2.24, 2.45) is 0 Å². The predicted molar refractivity (Wildman–Crippen MR) is 73.7 cm³/mol. The third-order valence-corrected chi connectivity index (χ3v) is 2.69. The Bertz CT molecular complexity index is 540. The molecule has 0 nitrogen and oxygen atoms in total. The average Bonchev–Trinajstić information content (AvgIpc) is 2.54.